The molecule has 0 aliphatic rings. The number of benzene rings is 3. The van der Waals surface area contributed by atoms with Crippen molar-refractivity contribution in [3.63, 3.8) is 0 Å². The third-order valence-corrected chi connectivity index (χ3v) is 6.05. The normalized spacial score (nSPS) is 10.6. The molecule has 1 amide bonds. The van der Waals surface area contributed by atoms with Gasteiger partial charge in [0.1, 0.15) is 5.75 Å². The van der Waals surface area contributed by atoms with Gasteiger partial charge in [-0.1, -0.05) is 12.1 Å². The predicted octanol–water partition coefficient (Wildman–Crippen LogP) is 3.40. The van der Waals surface area contributed by atoms with Crippen molar-refractivity contribution in [2.75, 3.05) is 30.9 Å². The molecule has 0 aliphatic carbocycles. The van der Waals surface area contributed by atoms with Gasteiger partial charge >= 0.3 is 0 Å². The third-order valence-electron chi connectivity index (χ3n) is 4.45. The van der Waals surface area contributed by atoms with Crippen LogP contribution in [0.15, 0.2) is 77.7 Å². The maximum absolute atomic E-state index is 12.6. The Hall–Kier alpha value is -3.83. The van der Waals surface area contributed by atoms with Crippen LogP contribution < -0.4 is 29.6 Å². The molecule has 0 radical (unpaired) electrons. The second kappa shape index (κ2) is 11.3. The van der Waals surface area contributed by atoms with Crippen LogP contribution in [0.1, 0.15) is 0 Å². The van der Waals surface area contributed by atoms with Gasteiger partial charge in [0.2, 0.25) is 0 Å². The number of amides is 1. The molecule has 0 saturated heterocycles. The Labute approximate surface area is 203 Å². The van der Waals surface area contributed by atoms with Crippen LogP contribution in [0.4, 0.5) is 11.4 Å². The van der Waals surface area contributed by atoms with E-state index < -0.39 is 15.9 Å². The van der Waals surface area contributed by atoms with Gasteiger partial charge in [0.15, 0.2) is 23.2 Å². The first-order chi connectivity index (χ1) is 16.3. The lowest BCUT2D eigenvalue weighted by molar-refractivity contribution is -0.121. The Kier molecular flexibility index (Phi) is 8.28. The molecular formula is C23H23N3O6S2. The lowest BCUT2D eigenvalue weighted by atomic mass is 10.3. The van der Waals surface area contributed by atoms with Gasteiger partial charge in [-0.3, -0.25) is 14.8 Å². The number of ether oxygens (including phenoxy) is 3. The van der Waals surface area contributed by atoms with Crippen molar-refractivity contribution in [2.24, 2.45) is 0 Å². The highest BCUT2D eigenvalue weighted by atomic mass is 32.2. The number of rotatable bonds is 9. The molecule has 0 bridgehead atoms. The molecule has 0 unspecified atom stereocenters. The van der Waals surface area contributed by atoms with E-state index in [1.54, 1.807) is 48.5 Å². The highest BCUT2D eigenvalue weighted by Crippen LogP contribution is 2.25. The largest absolute Gasteiger partial charge is 0.497 e. The zero-order chi connectivity index (χ0) is 24.6. The van der Waals surface area contributed by atoms with Crippen molar-refractivity contribution in [2.45, 2.75) is 4.90 Å². The number of anilines is 2. The molecule has 0 aliphatic heterocycles. The lowest BCUT2D eigenvalue weighted by Gasteiger charge is -2.12. The summed E-state index contributed by atoms with van der Waals surface area (Å²) in [6.45, 7) is -0.267. The molecule has 9 nitrogen and oxygen atoms in total. The van der Waals surface area contributed by atoms with Crippen molar-refractivity contribution in [1.29, 1.82) is 0 Å². The molecular weight excluding hydrogens is 478 g/mol. The second-order valence-corrected chi connectivity index (χ2v) is 8.89. The molecule has 178 valence electrons. The molecule has 3 aromatic carbocycles. The minimum absolute atomic E-state index is 0.0422. The number of hydrogen-bond donors (Lipinski definition) is 3. The van der Waals surface area contributed by atoms with Crippen LogP contribution in [0.2, 0.25) is 0 Å². The smallest absolute Gasteiger partial charge is 0.264 e. The Morgan fingerprint density at radius 3 is 2.09 bits per heavy atom. The Balaban J connectivity index is 1.52. The molecule has 3 N–H and O–H groups in total. The van der Waals surface area contributed by atoms with E-state index in [0.717, 1.165) is 0 Å². The minimum atomic E-state index is -3.78. The second-order valence-electron chi connectivity index (χ2n) is 6.80. The number of methoxy groups -OCH3 is 2. The van der Waals surface area contributed by atoms with Crippen molar-refractivity contribution in [3.8, 4) is 17.2 Å². The number of hydrogen-bond acceptors (Lipinski definition) is 7. The zero-order valence-corrected chi connectivity index (χ0v) is 20.0. The van der Waals surface area contributed by atoms with Crippen LogP contribution in [-0.4, -0.2) is 40.3 Å². The van der Waals surface area contributed by atoms with Gasteiger partial charge in [-0.05, 0) is 72.9 Å². The van der Waals surface area contributed by atoms with Crippen molar-refractivity contribution >= 4 is 44.6 Å². The highest BCUT2D eigenvalue weighted by molar-refractivity contribution is 7.92. The fourth-order valence-corrected chi connectivity index (χ4v) is 4.09. The van der Waals surface area contributed by atoms with Crippen molar-refractivity contribution < 1.29 is 27.4 Å². The van der Waals surface area contributed by atoms with Crippen LogP contribution in [0.25, 0.3) is 0 Å². The van der Waals surface area contributed by atoms with Gasteiger partial charge in [0.25, 0.3) is 15.9 Å². The molecule has 0 saturated carbocycles. The molecule has 0 heterocycles. The topological polar surface area (TPSA) is 115 Å². The SMILES string of the molecule is COc1ccc(NS(=O)(=O)c2ccc(NC(=S)NC(=O)COc3ccccc3OC)cc2)cc1. The predicted molar refractivity (Wildman–Crippen MR) is 133 cm³/mol. The number of carbonyl (C=O) groups is 1. The fourth-order valence-electron chi connectivity index (χ4n) is 2.80. The Bertz CT molecular complexity index is 1250. The molecule has 3 rings (SSSR count). The third kappa shape index (κ3) is 6.83. The highest BCUT2D eigenvalue weighted by Gasteiger charge is 2.15. The minimum Gasteiger partial charge on any atom is -0.497 e. The molecule has 3 aromatic rings. The molecule has 34 heavy (non-hydrogen) atoms. The van der Waals surface area contributed by atoms with Crippen molar-refractivity contribution in [3.05, 3.63) is 72.8 Å². The average Bonchev–Trinajstić information content (AvgIpc) is 2.83. The van der Waals surface area contributed by atoms with E-state index in [-0.39, 0.29) is 16.6 Å². The van der Waals surface area contributed by atoms with E-state index in [2.05, 4.69) is 15.4 Å². The van der Waals surface area contributed by atoms with E-state index in [9.17, 15) is 13.2 Å². The maximum atomic E-state index is 12.6. The number of nitrogens with one attached hydrogen (secondary N) is 3. The summed E-state index contributed by atoms with van der Waals surface area (Å²) in [6, 6.07) is 19.4. The van der Waals surface area contributed by atoms with Crippen LogP contribution in [-0.2, 0) is 14.8 Å². The Morgan fingerprint density at radius 1 is 0.853 bits per heavy atom. The molecule has 11 heteroatoms. The summed E-state index contributed by atoms with van der Waals surface area (Å²) >= 11 is 5.14. The van der Waals surface area contributed by atoms with Crippen LogP contribution in [0.5, 0.6) is 17.2 Å². The maximum Gasteiger partial charge on any atom is 0.264 e. The van der Waals surface area contributed by atoms with Crippen LogP contribution in [0.3, 0.4) is 0 Å². The van der Waals surface area contributed by atoms with Crippen LogP contribution in [0, 0.1) is 0 Å². The average molecular weight is 502 g/mol. The monoisotopic (exact) mass is 501 g/mol. The first-order valence-electron chi connectivity index (χ1n) is 9.94. The Morgan fingerprint density at radius 2 is 1.47 bits per heavy atom. The molecule has 0 fully saturated rings. The van der Waals surface area contributed by atoms with Gasteiger partial charge in [-0.2, -0.15) is 0 Å². The van der Waals surface area contributed by atoms with Gasteiger partial charge in [-0.25, -0.2) is 8.42 Å². The number of sulfonamides is 1. The van der Waals surface area contributed by atoms with Gasteiger partial charge in [0, 0.05) is 11.4 Å². The van der Waals surface area contributed by atoms with Gasteiger partial charge in [-0.15, -0.1) is 0 Å². The number of carbonyl (C=O) groups excluding carboxylic acids is 1. The van der Waals surface area contributed by atoms with Gasteiger partial charge < -0.3 is 19.5 Å². The van der Waals surface area contributed by atoms with Crippen molar-refractivity contribution in [1.82, 2.24) is 5.32 Å². The summed E-state index contributed by atoms with van der Waals surface area (Å²) in [5.74, 6) is 1.09. The summed E-state index contributed by atoms with van der Waals surface area (Å²) in [4.78, 5) is 12.2. The van der Waals surface area contributed by atoms with E-state index in [4.69, 9.17) is 26.4 Å². The molecule has 0 atom stereocenters. The summed E-state index contributed by atoms with van der Waals surface area (Å²) < 4.78 is 43.4. The number of thiocarbonyl (C=S) groups is 1. The fraction of sp³-hybridized carbons (Fsp3) is 0.130. The molecule has 0 spiro atoms. The number of para-hydroxylation sites is 2. The summed E-state index contributed by atoms with van der Waals surface area (Å²) in [5.41, 5.74) is 0.904. The molecule has 0 aromatic heterocycles. The van der Waals surface area contributed by atoms with Gasteiger partial charge in [0.05, 0.1) is 19.1 Å². The van der Waals surface area contributed by atoms with E-state index in [0.29, 0.717) is 28.6 Å². The van der Waals surface area contributed by atoms with E-state index in [1.807, 2.05) is 0 Å². The zero-order valence-electron chi connectivity index (χ0n) is 18.4. The summed E-state index contributed by atoms with van der Waals surface area (Å²) in [7, 11) is -0.748. The quantitative estimate of drug-likeness (QED) is 0.382. The summed E-state index contributed by atoms with van der Waals surface area (Å²) in [6.07, 6.45) is 0. The van der Waals surface area contributed by atoms with Crippen LogP contribution >= 0.6 is 12.2 Å². The van der Waals surface area contributed by atoms with E-state index >= 15 is 0 Å². The summed E-state index contributed by atoms with van der Waals surface area (Å²) in [5, 5.41) is 5.36. The first-order valence-corrected chi connectivity index (χ1v) is 11.8. The first kappa shape index (κ1) is 24.8. The standard InChI is InChI=1S/C23H23N3O6S2/c1-30-18-11-7-17(8-12-18)26-34(28,29)19-13-9-16(10-14-19)24-23(33)25-22(27)15-32-21-6-4-3-5-20(21)31-2/h3-14,26H,15H2,1-2H3,(H2,24,25,27,33). The lowest BCUT2D eigenvalue weighted by Crippen LogP contribution is -2.37. The van der Waals surface area contributed by atoms with E-state index in [1.165, 1.54) is 38.5 Å².